The second-order valence-electron chi connectivity index (χ2n) is 4.28. The van der Waals surface area contributed by atoms with Gasteiger partial charge in [0.15, 0.2) is 5.13 Å². The van der Waals surface area contributed by atoms with Crippen LogP contribution in [0.1, 0.15) is 24.4 Å². The molecule has 0 saturated carbocycles. The van der Waals surface area contributed by atoms with Gasteiger partial charge in [-0.2, -0.15) is 0 Å². The zero-order valence-electron chi connectivity index (χ0n) is 11.6. The van der Waals surface area contributed by atoms with Crippen LogP contribution in [-0.4, -0.2) is 38.4 Å². The van der Waals surface area contributed by atoms with Gasteiger partial charge in [-0.25, -0.2) is 4.98 Å². The molecular weight excluding hydrogens is 250 g/mol. The number of nitrogens with zero attached hydrogens (tertiary/aromatic N) is 2. The van der Waals surface area contributed by atoms with Gasteiger partial charge in [0.1, 0.15) is 0 Å². The van der Waals surface area contributed by atoms with Gasteiger partial charge in [0, 0.05) is 38.2 Å². The fourth-order valence-corrected chi connectivity index (χ4v) is 2.77. The summed E-state index contributed by atoms with van der Waals surface area (Å²) in [5, 5.41) is 0.995. The zero-order valence-corrected chi connectivity index (χ0v) is 12.4. The molecule has 0 fully saturated rings. The van der Waals surface area contributed by atoms with E-state index in [4.69, 9.17) is 15.2 Å². The molecule has 0 atom stereocenters. The van der Waals surface area contributed by atoms with Gasteiger partial charge in [-0.05, 0) is 13.8 Å². The molecule has 1 aromatic heterocycles. The Bertz CT molecular complexity index is 355. The van der Waals surface area contributed by atoms with E-state index in [2.05, 4.69) is 23.7 Å². The SMILES string of the molecule is COCCN(c1nc(COC)c(CN)s1)C(C)C. The summed E-state index contributed by atoms with van der Waals surface area (Å²) in [4.78, 5) is 7.95. The Morgan fingerprint density at radius 2 is 2.06 bits per heavy atom. The second kappa shape index (κ2) is 7.68. The van der Waals surface area contributed by atoms with Gasteiger partial charge >= 0.3 is 0 Å². The van der Waals surface area contributed by atoms with E-state index in [0.717, 1.165) is 22.2 Å². The Kier molecular flexibility index (Phi) is 6.56. The average Bonchev–Trinajstić information content (AvgIpc) is 2.73. The molecule has 0 aliphatic heterocycles. The first kappa shape index (κ1) is 15.4. The number of thiazole rings is 1. The highest BCUT2D eigenvalue weighted by Crippen LogP contribution is 2.27. The molecule has 1 aromatic rings. The third-order valence-electron chi connectivity index (χ3n) is 2.64. The third kappa shape index (κ3) is 3.91. The highest BCUT2D eigenvalue weighted by Gasteiger charge is 2.17. The summed E-state index contributed by atoms with van der Waals surface area (Å²) >= 11 is 1.64. The number of hydrogen-bond acceptors (Lipinski definition) is 6. The molecule has 0 aliphatic carbocycles. The van der Waals surface area contributed by atoms with Crippen LogP contribution in [0.15, 0.2) is 0 Å². The summed E-state index contributed by atoms with van der Waals surface area (Å²) in [6.07, 6.45) is 0. The normalized spacial score (nSPS) is 11.2. The lowest BCUT2D eigenvalue weighted by Crippen LogP contribution is -2.33. The minimum Gasteiger partial charge on any atom is -0.383 e. The van der Waals surface area contributed by atoms with Gasteiger partial charge in [-0.15, -0.1) is 11.3 Å². The van der Waals surface area contributed by atoms with Crippen LogP contribution in [0.4, 0.5) is 5.13 Å². The van der Waals surface area contributed by atoms with Gasteiger partial charge in [0.05, 0.1) is 18.9 Å². The first-order valence-corrected chi connectivity index (χ1v) is 6.88. The number of aromatic nitrogens is 1. The average molecular weight is 273 g/mol. The van der Waals surface area contributed by atoms with Crippen molar-refractivity contribution in [2.45, 2.75) is 33.0 Å². The van der Waals surface area contributed by atoms with Crippen molar-refractivity contribution in [3.63, 3.8) is 0 Å². The van der Waals surface area contributed by atoms with Crippen LogP contribution in [0.2, 0.25) is 0 Å². The predicted octanol–water partition coefficient (Wildman–Crippen LogP) is 1.61. The molecular formula is C12H23N3O2S. The van der Waals surface area contributed by atoms with Crippen LogP contribution in [-0.2, 0) is 22.6 Å². The number of rotatable bonds is 8. The first-order chi connectivity index (χ1) is 8.63. The Hall–Kier alpha value is -0.690. The van der Waals surface area contributed by atoms with E-state index in [9.17, 15) is 0 Å². The van der Waals surface area contributed by atoms with E-state index in [0.29, 0.717) is 25.8 Å². The molecule has 104 valence electrons. The lowest BCUT2D eigenvalue weighted by Gasteiger charge is -2.25. The van der Waals surface area contributed by atoms with E-state index in [1.165, 1.54) is 0 Å². The minimum absolute atomic E-state index is 0.382. The number of nitrogens with two attached hydrogens (primary N) is 1. The highest BCUT2D eigenvalue weighted by atomic mass is 32.1. The maximum absolute atomic E-state index is 5.74. The minimum atomic E-state index is 0.382. The fraction of sp³-hybridized carbons (Fsp3) is 0.750. The molecule has 0 spiro atoms. The molecule has 0 saturated heterocycles. The van der Waals surface area contributed by atoms with E-state index in [1.807, 2.05) is 0 Å². The summed E-state index contributed by atoms with van der Waals surface area (Å²) < 4.78 is 10.3. The van der Waals surface area contributed by atoms with E-state index < -0.39 is 0 Å². The van der Waals surface area contributed by atoms with Crippen LogP contribution in [0, 0.1) is 0 Å². The monoisotopic (exact) mass is 273 g/mol. The predicted molar refractivity (Wildman–Crippen MR) is 75.1 cm³/mol. The Labute approximate surface area is 113 Å². The smallest absolute Gasteiger partial charge is 0.186 e. The quantitative estimate of drug-likeness (QED) is 0.779. The molecule has 0 aliphatic rings. The molecule has 0 unspecified atom stereocenters. The van der Waals surface area contributed by atoms with Crippen molar-refractivity contribution < 1.29 is 9.47 Å². The van der Waals surface area contributed by atoms with Crippen molar-refractivity contribution in [2.24, 2.45) is 5.73 Å². The van der Waals surface area contributed by atoms with Crippen LogP contribution in [0.3, 0.4) is 0 Å². The molecule has 5 nitrogen and oxygen atoms in total. The molecule has 6 heteroatoms. The van der Waals surface area contributed by atoms with Gasteiger partial charge in [-0.1, -0.05) is 0 Å². The molecule has 18 heavy (non-hydrogen) atoms. The molecule has 0 bridgehead atoms. The standard InChI is InChI=1S/C12H23N3O2S/c1-9(2)15(5-6-16-3)12-14-10(8-17-4)11(7-13)18-12/h9H,5-8,13H2,1-4H3. The molecule has 0 aromatic carbocycles. The molecule has 0 radical (unpaired) electrons. The van der Waals surface area contributed by atoms with Gasteiger partial charge in [-0.3, -0.25) is 0 Å². The van der Waals surface area contributed by atoms with Crippen LogP contribution >= 0.6 is 11.3 Å². The fourth-order valence-electron chi connectivity index (χ4n) is 1.67. The van der Waals surface area contributed by atoms with Crippen molar-refractivity contribution in [1.29, 1.82) is 0 Å². The molecule has 0 amide bonds. The van der Waals surface area contributed by atoms with Gasteiger partial charge in [0.2, 0.25) is 0 Å². The Morgan fingerprint density at radius 1 is 1.33 bits per heavy atom. The van der Waals surface area contributed by atoms with E-state index >= 15 is 0 Å². The Morgan fingerprint density at radius 3 is 2.56 bits per heavy atom. The van der Waals surface area contributed by atoms with E-state index in [1.54, 1.807) is 25.6 Å². The first-order valence-electron chi connectivity index (χ1n) is 6.07. The lowest BCUT2D eigenvalue weighted by atomic mass is 10.3. The van der Waals surface area contributed by atoms with E-state index in [-0.39, 0.29) is 0 Å². The molecule has 2 N–H and O–H groups in total. The largest absolute Gasteiger partial charge is 0.383 e. The van der Waals surface area contributed by atoms with Crippen molar-refractivity contribution in [3.05, 3.63) is 10.6 Å². The third-order valence-corrected chi connectivity index (χ3v) is 3.80. The van der Waals surface area contributed by atoms with Crippen LogP contribution < -0.4 is 10.6 Å². The number of methoxy groups -OCH3 is 2. The summed E-state index contributed by atoms with van der Waals surface area (Å²) in [7, 11) is 3.38. The number of hydrogen-bond donors (Lipinski definition) is 1. The molecule has 1 rings (SSSR count). The summed E-state index contributed by atoms with van der Waals surface area (Å²) in [6.45, 7) is 6.84. The topological polar surface area (TPSA) is 60.6 Å². The van der Waals surface area contributed by atoms with Crippen molar-refractivity contribution in [2.75, 3.05) is 32.3 Å². The van der Waals surface area contributed by atoms with Crippen molar-refractivity contribution >= 4 is 16.5 Å². The van der Waals surface area contributed by atoms with Gasteiger partial charge < -0.3 is 20.1 Å². The van der Waals surface area contributed by atoms with Crippen molar-refractivity contribution in [3.8, 4) is 0 Å². The van der Waals surface area contributed by atoms with Crippen molar-refractivity contribution in [1.82, 2.24) is 4.98 Å². The second-order valence-corrected chi connectivity index (χ2v) is 5.35. The summed E-state index contributed by atoms with van der Waals surface area (Å²) in [5.74, 6) is 0. The summed E-state index contributed by atoms with van der Waals surface area (Å²) in [6, 6.07) is 0.382. The van der Waals surface area contributed by atoms with Crippen LogP contribution in [0.25, 0.3) is 0 Å². The lowest BCUT2D eigenvalue weighted by molar-refractivity contribution is 0.181. The summed E-state index contributed by atoms with van der Waals surface area (Å²) in [5.41, 5.74) is 6.69. The molecule has 1 heterocycles. The number of anilines is 1. The number of ether oxygens (including phenoxy) is 2. The Balaban J connectivity index is 2.90. The maximum atomic E-state index is 5.74. The van der Waals surface area contributed by atoms with Crippen LogP contribution in [0.5, 0.6) is 0 Å². The highest BCUT2D eigenvalue weighted by molar-refractivity contribution is 7.15. The van der Waals surface area contributed by atoms with Gasteiger partial charge in [0.25, 0.3) is 0 Å². The maximum Gasteiger partial charge on any atom is 0.186 e. The zero-order chi connectivity index (χ0) is 13.5.